The number of nitrogens with one attached hydrogen (secondary N) is 1. The third-order valence-corrected chi connectivity index (χ3v) is 3.82. The molecular weight excluding hydrogens is 318 g/mol. The van der Waals surface area contributed by atoms with Gasteiger partial charge in [-0.1, -0.05) is 17.8 Å². The quantitative estimate of drug-likeness (QED) is 0.742. The second-order valence-corrected chi connectivity index (χ2v) is 6.18. The van der Waals surface area contributed by atoms with E-state index >= 15 is 0 Å². The Morgan fingerprint density at radius 1 is 1.35 bits per heavy atom. The minimum Gasteiger partial charge on any atom is -0.480 e. The van der Waals surface area contributed by atoms with Gasteiger partial charge in [-0.25, -0.2) is 4.79 Å². The van der Waals surface area contributed by atoms with E-state index in [-0.39, 0.29) is 5.12 Å². The molecule has 0 aliphatic rings. The number of rotatable bonds is 8. The SMILES string of the molecule is CC(=O)SCCN(CCc1ccccn1)C(=O)N[C@@H](C)C(=O)O. The second kappa shape index (κ2) is 9.83. The highest BCUT2D eigenvalue weighted by atomic mass is 32.2. The van der Waals surface area contributed by atoms with E-state index in [2.05, 4.69) is 10.3 Å². The molecule has 8 heteroatoms. The number of nitrogens with zero attached hydrogens (tertiary/aromatic N) is 2. The molecule has 1 aromatic rings. The number of thioether (sulfide) groups is 1. The lowest BCUT2D eigenvalue weighted by molar-refractivity contribution is -0.138. The summed E-state index contributed by atoms with van der Waals surface area (Å²) in [7, 11) is 0. The predicted molar refractivity (Wildman–Crippen MR) is 88.3 cm³/mol. The van der Waals surface area contributed by atoms with Gasteiger partial charge in [-0.05, 0) is 19.1 Å². The molecule has 2 amide bonds. The summed E-state index contributed by atoms with van der Waals surface area (Å²) in [5.41, 5.74) is 0.843. The van der Waals surface area contributed by atoms with Crippen LogP contribution in [0.4, 0.5) is 4.79 Å². The number of aliphatic carboxylic acids is 1. The average Bonchev–Trinajstić information content (AvgIpc) is 2.51. The highest BCUT2D eigenvalue weighted by Gasteiger charge is 2.19. The second-order valence-electron chi connectivity index (χ2n) is 4.91. The Hall–Kier alpha value is -2.09. The summed E-state index contributed by atoms with van der Waals surface area (Å²) in [6.07, 6.45) is 2.23. The van der Waals surface area contributed by atoms with Gasteiger partial charge >= 0.3 is 12.0 Å². The van der Waals surface area contributed by atoms with Crippen LogP contribution in [0.1, 0.15) is 19.5 Å². The number of urea groups is 1. The van der Waals surface area contributed by atoms with Crippen molar-refractivity contribution in [3.8, 4) is 0 Å². The Bertz CT molecular complexity index is 539. The number of pyridine rings is 1. The fourth-order valence-electron chi connectivity index (χ4n) is 1.75. The summed E-state index contributed by atoms with van der Waals surface area (Å²) in [4.78, 5) is 39.7. The summed E-state index contributed by atoms with van der Waals surface area (Å²) in [6.45, 7) is 3.62. The summed E-state index contributed by atoms with van der Waals surface area (Å²) in [5.74, 6) is -0.631. The Morgan fingerprint density at radius 2 is 2.09 bits per heavy atom. The molecule has 0 unspecified atom stereocenters. The number of aromatic nitrogens is 1. The third-order valence-electron chi connectivity index (χ3n) is 3.03. The van der Waals surface area contributed by atoms with Crippen LogP contribution >= 0.6 is 11.8 Å². The summed E-state index contributed by atoms with van der Waals surface area (Å²) in [5, 5.41) is 11.3. The number of carbonyl (C=O) groups excluding carboxylic acids is 2. The van der Waals surface area contributed by atoms with Gasteiger partial charge in [0, 0.05) is 44.1 Å². The standard InChI is InChI=1S/C15H21N3O4S/c1-11(14(20)21)17-15(22)18(9-10-23-12(2)19)8-6-13-5-3-4-7-16-13/h3-5,7,11H,6,8-10H2,1-2H3,(H,17,22)(H,20,21)/t11-/m0/s1. The molecule has 1 atom stereocenters. The molecule has 0 saturated heterocycles. The van der Waals surface area contributed by atoms with Crippen molar-refractivity contribution in [1.29, 1.82) is 0 Å². The van der Waals surface area contributed by atoms with Crippen molar-refractivity contribution in [1.82, 2.24) is 15.2 Å². The van der Waals surface area contributed by atoms with Crippen molar-refractivity contribution >= 4 is 28.9 Å². The zero-order valence-corrected chi connectivity index (χ0v) is 14.0. The van der Waals surface area contributed by atoms with Crippen molar-refractivity contribution in [2.24, 2.45) is 0 Å². The zero-order chi connectivity index (χ0) is 17.2. The average molecular weight is 339 g/mol. The van der Waals surface area contributed by atoms with Crippen LogP contribution in [0.15, 0.2) is 24.4 Å². The van der Waals surface area contributed by atoms with Crippen LogP contribution in [0.5, 0.6) is 0 Å². The largest absolute Gasteiger partial charge is 0.480 e. The van der Waals surface area contributed by atoms with Gasteiger partial charge in [0.2, 0.25) is 0 Å². The zero-order valence-electron chi connectivity index (χ0n) is 13.2. The van der Waals surface area contributed by atoms with Crippen LogP contribution in [0.3, 0.4) is 0 Å². The van der Waals surface area contributed by atoms with E-state index in [1.165, 1.54) is 18.7 Å². The molecule has 0 aromatic carbocycles. The minimum absolute atomic E-state index is 0.0195. The van der Waals surface area contributed by atoms with Crippen LogP contribution in [-0.2, 0) is 16.0 Å². The van der Waals surface area contributed by atoms with E-state index in [1.54, 1.807) is 6.20 Å². The van der Waals surface area contributed by atoms with Gasteiger partial charge in [0.05, 0.1) is 0 Å². The van der Waals surface area contributed by atoms with Crippen molar-refractivity contribution in [3.63, 3.8) is 0 Å². The third kappa shape index (κ3) is 7.64. The first-order valence-electron chi connectivity index (χ1n) is 7.21. The Kier molecular flexibility index (Phi) is 8.10. The molecule has 1 rings (SSSR count). The van der Waals surface area contributed by atoms with E-state index in [0.717, 1.165) is 17.5 Å². The topological polar surface area (TPSA) is 99.6 Å². The smallest absolute Gasteiger partial charge is 0.325 e. The molecule has 0 radical (unpaired) electrons. The predicted octanol–water partition coefficient (Wildman–Crippen LogP) is 1.39. The summed E-state index contributed by atoms with van der Waals surface area (Å²) < 4.78 is 0. The van der Waals surface area contributed by atoms with Crippen molar-refractivity contribution in [2.75, 3.05) is 18.8 Å². The normalized spacial score (nSPS) is 11.6. The van der Waals surface area contributed by atoms with Gasteiger partial charge in [0.25, 0.3) is 0 Å². The number of carboxylic acids is 1. The van der Waals surface area contributed by atoms with Gasteiger partial charge in [-0.3, -0.25) is 14.6 Å². The summed E-state index contributed by atoms with van der Waals surface area (Å²) in [6, 6.07) is 4.11. The molecule has 126 valence electrons. The van der Waals surface area contributed by atoms with Gasteiger partial charge in [0.15, 0.2) is 5.12 Å². The molecule has 2 N–H and O–H groups in total. The first-order valence-corrected chi connectivity index (χ1v) is 8.20. The number of amides is 2. The molecule has 0 saturated carbocycles. The molecule has 0 fully saturated rings. The highest BCUT2D eigenvalue weighted by molar-refractivity contribution is 8.13. The fourth-order valence-corrected chi connectivity index (χ4v) is 2.35. The van der Waals surface area contributed by atoms with Crippen molar-refractivity contribution in [2.45, 2.75) is 26.3 Å². The summed E-state index contributed by atoms with van der Waals surface area (Å²) >= 11 is 1.13. The molecule has 1 heterocycles. The maximum Gasteiger partial charge on any atom is 0.325 e. The highest BCUT2D eigenvalue weighted by Crippen LogP contribution is 2.05. The van der Waals surface area contributed by atoms with E-state index in [0.29, 0.717) is 25.3 Å². The number of hydrogen-bond donors (Lipinski definition) is 2. The van der Waals surface area contributed by atoms with Crippen LogP contribution in [0.25, 0.3) is 0 Å². The van der Waals surface area contributed by atoms with Crippen molar-refractivity contribution in [3.05, 3.63) is 30.1 Å². The van der Waals surface area contributed by atoms with Gasteiger partial charge in [-0.15, -0.1) is 0 Å². The van der Waals surface area contributed by atoms with Crippen molar-refractivity contribution < 1.29 is 19.5 Å². The molecule has 0 aliphatic heterocycles. The Morgan fingerprint density at radius 3 is 2.65 bits per heavy atom. The molecule has 23 heavy (non-hydrogen) atoms. The van der Waals surface area contributed by atoms with E-state index in [1.807, 2.05) is 18.2 Å². The van der Waals surface area contributed by atoms with Crippen LogP contribution < -0.4 is 5.32 Å². The molecular formula is C15H21N3O4S. The molecule has 0 spiro atoms. The van der Waals surface area contributed by atoms with E-state index in [4.69, 9.17) is 5.11 Å². The molecule has 7 nitrogen and oxygen atoms in total. The van der Waals surface area contributed by atoms with Gasteiger partial charge < -0.3 is 15.3 Å². The number of carbonyl (C=O) groups is 3. The monoisotopic (exact) mass is 339 g/mol. The fraction of sp³-hybridized carbons (Fsp3) is 0.467. The number of hydrogen-bond acceptors (Lipinski definition) is 5. The Labute approximate surface area is 139 Å². The maximum absolute atomic E-state index is 12.2. The molecule has 0 aliphatic carbocycles. The minimum atomic E-state index is -1.10. The number of carboxylic acid groups (broad SMARTS) is 1. The Balaban J connectivity index is 2.61. The molecule has 1 aromatic heterocycles. The van der Waals surface area contributed by atoms with Crippen LogP contribution in [0.2, 0.25) is 0 Å². The van der Waals surface area contributed by atoms with Gasteiger partial charge in [0.1, 0.15) is 6.04 Å². The maximum atomic E-state index is 12.2. The first kappa shape index (κ1) is 19.0. The van der Waals surface area contributed by atoms with Crippen LogP contribution in [0, 0.1) is 0 Å². The lowest BCUT2D eigenvalue weighted by Crippen LogP contribution is -2.48. The lowest BCUT2D eigenvalue weighted by Gasteiger charge is -2.24. The lowest BCUT2D eigenvalue weighted by atomic mass is 10.2. The molecule has 0 bridgehead atoms. The van der Waals surface area contributed by atoms with E-state index in [9.17, 15) is 14.4 Å². The van der Waals surface area contributed by atoms with Gasteiger partial charge in [-0.2, -0.15) is 0 Å². The first-order chi connectivity index (χ1) is 10.9. The van der Waals surface area contributed by atoms with E-state index < -0.39 is 18.0 Å². The van der Waals surface area contributed by atoms with Crippen LogP contribution in [-0.4, -0.2) is 57.0 Å².